The highest BCUT2D eigenvalue weighted by Crippen LogP contribution is 2.26. The number of amides is 1. The molecule has 2 rings (SSSR count). The second-order valence-corrected chi connectivity index (χ2v) is 6.23. The molecule has 6 heteroatoms. The molecule has 0 saturated carbocycles. The zero-order chi connectivity index (χ0) is 15.6. The van der Waals surface area contributed by atoms with E-state index in [1.807, 2.05) is 13.8 Å². The van der Waals surface area contributed by atoms with Gasteiger partial charge >= 0.3 is 0 Å². The SMILES string of the molecule is CC(C)c1cc(C(=O)Nc2cc(Cl)ccc2Br)cc(N)n1. The van der Waals surface area contributed by atoms with Crippen LogP contribution in [0.4, 0.5) is 11.5 Å². The number of nitrogen functional groups attached to an aromatic ring is 1. The molecule has 4 nitrogen and oxygen atoms in total. The summed E-state index contributed by atoms with van der Waals surface area (Å²) in [6.07, 6.45) is 0. The standard InChI is InChI=1S/C15H15BrClN3O/c1-8(2)12-5-9(6-14(18)19-12)15(21)20-13-7-10(17)3-4-11(13)16/h3-8H,1-2H3,(H2,18,19)(H,20,21). The Labute approximate surface area is 136 Å². The van der Waals surface area contributed by atoms with Crippen molar-refractivity contribution in [2.45, 2.75) is 19.8 Å². The van der Waals surface area contributed by atoms with E-state index < -0.39 is 0 Å². The molecular weight excluding hydrogens is 354 g/mol. The first-order valence-electron chi connectivity index (χ1n) is 6.40. The molecule has 1 aromatic heterocycles. The van der Waals surface area contributed by atoms with Gasteiger partial charge < -0.3 is 11.1 Å². The van der Waals surface area contributed by atoms with Gasteiger partial charge in [-0.1, -0.05) is 25.4 Å². The average Bonchev–Trinajstić information content (AvgIpc) is 2.42. The summed E-state index contributed by atoms with van der Waals surface area (Å²) < 4.78 is 0.756. The number of nitrogens with zero attached hydrogens (tertiary/aromatic N) is 1. The minimum atomic E-state index is -0.256. The van der Waals surface area contributed by atoms with Gasteiger partial charge in [0.15, 0.2) is 0 Å². The zero-order valence-corrected chi connectivity index (χ0v) is 14.0. The van der Waals surface area contributed by atoms with Gasteiger partial charge in [-0.25, -0.2) is 4.98 Å². The van der Waals surface area contributed by atoms with Crippen molar-refractivity contribution < 1.29 is 4.79 Å². The number of aromatic nitrogens is 1. The molecule has 0 bridgehead atoms. The number of pyridine rings is 1. The monoisotopic (exact) mass is 367 g/mol. The van der Waals surface area contributed by atoms with Gasteiger partial charge in [0.05, 0.1) is 5.69 Å². The van der Waals surface area contributed by atoms with Gasteiger partial charge in [-0.2, -0.15) is 0 Å². The lowest BCUT2D eigenvalue weighted by atomic mass is 10.1. The fourth-order valence-electron chi connectivity index (χ4n) is 1.79. The Morgan fingerprint density at radius 1 is 1.33 bits per heavy atom. The summed E-state index contributed by atoms with van der Waals surface area (Å²) in [4.78, 5) is 16.6. The fraction of sp³-hybridized carbons (Fsp3) is 0.200. The van der Waals surface area contributed by atoms with Crippen LogP contribution in [0.3, 0.4) is 0 Å². The van der Waals surface area contributed by atoms with Crippen LogP contribution in [0.15, 0.2) is 34.8 Å². The van der Waals surface area contributed by atoms with Gasteiger partial charge in [-0.05, 0) is 52.2 Å². The maximum atomic E-state index is 12.3. The lowest BCUT2D eigenvalue weighted by molar-refractivity contribution is 0.102. The van der Waals surface area contributed by atoms with Gasteiger partial charge in [-0.3, -0.25) is 4.79 Å². The smallest absolute Gasteiger partial charge is 0.255 e. The van der Waals surface area contributed by atoms with Gasteiger partial charge in [0.2, 0.25) is 0 Å². The Balaban J connectivity index is 2.30. The zero-order valence-electron chi connectivity index (χ0n) is 11.7. The first kappa shape index (κ1) is 15.8. The molecule has 0 spiro atoms. The first-order valence-corrected chi connectivity index (χ1v) is 7.58. The average molecular weight is 369 g/mol. The Morgan fingerprint density at radius 3 is 2.71 bits per heavy atom. The third-order valence-electron chi connectivity index (χ3n) is 2.90. The molecule has 21 heavy (non-hydrogen) atoms. The number of anilines is 2. The molecular formula is C15H15BrClN3O. The van der Waals surface area contributed by atoms with Crippen molar-refractivity contribution in [2.75, 3.05) is 11.1 Å². The van der Waals surface area contributed by atoms with E-state index in [2.05, 4.69) is 26.2 Å². The summed E-state index contributed by atoms with van der Waals surface area (Å²) in [6, 6.07) is 8.49. The van der Waals surface area contributed by atoms with Crippen molar-refractivity contribution in [2.24, 2.45) is 0 Å². The first-order chi connectivity index (χ1) is 9.86. The van der Waals surface area contributed by atoms with E-state index in [0.717, 1.165) is 10.2 Å². The molecule has 0 aliphatic rings. The Bertz CT molecular complexity index is 689. The molecule has 0 atom stereocenters. The van der Waals surface area contributed by atoms with E-state index in [-0.39, 0.29) is 11.8 Å². The highest BCUT2D eigenvalue weighted by atomic mass is 79.9. The topological polar surface area (TPSA) is 68.0 Å². The number of rotatable bonds is 3. The van der Waals surface area contributed by atoms with Crippen molar-refractivity contribution in [3.05, 3.63) is 51.1 Å². The highest BCUT2D eigenvalue weighted by molar-refractivity contribution is 9.10. The maximum absolute atomic E-state index is 12.3. The normalized spacial score (nSPS) is 10.7. The summed E-state index contributed by atoms with van der Waals surface area (Å²) in [7, 11) is 0. The quantitative estimate of drug-likeness (QED) is 0.840. The van der Waals surface area contributed by atoms with E-state index in [0.29, 0.717) is 22.1 Å². The predicted octanol–water partition coefficient (Wildman–Crippen LogP) is 4.46. The van der Waals surface area contributed by atoms with E-state index in [1.165, 1.54) is 0 Å². The molecule has 2 aromatic rings. The van der Waals surface area contributed by atoms with Crippen molar-refractivity contribution >= 4 is 44.9 Å². The third kappa shape index (κ3) is 3.95. The maximum Gasteiger partial charge on any atom is 0.255 e. The molecule has 1 heterocycles. The van der Waals surface area contributed by atoms with Crippen LogP contribution in [0.25, 0.3) is 0 Å². The van der Waals surface area contributed by atoms with Gasteiger partial charge in [0.1, 0.15) is 5.82 Å². The summed E-state index contributed by atoms with van der Waals surface area (Å²) in [6.45, 7) is 3.99. The number of hydrogen-bond acceptors (Lipinski definition) is 3. The molecule has 110 valence electrons. The highest BCUT2D eigenvalue weighted by Gasteiger charge is 2.12. The molecule has 1 amide bonds. The van der Waals surface area contributed by atoms with Crippen LogP contribution < -0.4 is 11.1 Å². The predicted molar refractivity (Wildman–Crippen MR) is 89.8 cm³/mol. The number of hydrogen-bond donors (Lipinski definition) is 2. The van der Waals surface area contributed by atoms with Gasteiger partial charge in [0, 0.05) is 20.8 Å². The van der Waals surface area contributed by atoms with E-state index >= 15 is 0 Å². The summed E-state index contributed by atoms with van der Waals surface area (Å²) in [5.41, 5.74) is 7.62. The number of halogens is 2. The van der Waals surface area contributed by atoms with Crippen LogP contribution in [-0.4, -0.2) is 10.9 Å². The Hall–Kier alpha value is -1.59. The molecule has 0 radical (unpaired) electrons. The van der Waals surface area contributed by atoms with E-state index in [1.54, 1.807) is 30.3 Å². The molecule has 1 aromatic carbocycles. The second-order valence-electron chi connectivity index (χ2n) is 4.94. The van der Waals surface area contributed by atoms with Gasteiger partial charge in [-0.15, -0.1) is 0 Å². The van der Waals surface area contributed by atoms with Crippen LogP contribution in [0.5, 0.6) is 0 Å². The minimum absolute atomic E-state index is 0.193. The number of nitrogens with one attached hydrogen (secondary N) is 1. The van der Waals surface area contributed by atoms with Crippen LogP contribution in [0.2, 0.25) is 5.02 Å². The lowest BCUT2D eigenvalue weighted by Crippen LogP contribution is -2.14. The number of carbonyl (C=O) groups excluding carboxylic acids is 1. The van der Waals surface area contributed by atoms with E-state index in [4.69, 9.17) is 17.3 Å². The van der Waals surface area contributed by atoms with Gasteiger partial charge in [0.25, 0.3) is 5.91 Å². The fourth-order valence-corrected chi connectivity index (χ4v) is 2.31. The van der Waals surface area contributed by atoms with Crippen molar-refractivity contribution in [1.82, 2.24) is 4.98 Å². The molecule has 0 aliphatic heterocycles. The van der Waals surface area contributed by atoms with Crippen LogP contribution in [0.1, 0.15) is 35.8 Å². The molecule has 0 aliphatic carbocycles. The van der Waals surface area contributed by atoms with Crippen molar-refractivity contribution in [3.8, 4) is 0 Å². The van der Waals surface area contributed by atoms with E-state index in [9.17, 15) is 4.79 Å². The third-order valence-corrected chi connectivity index (χ3v) is 3.82. The molecule has 3 N–H and O–H groups in total. The van der Waals surface area contributed by atoms with Crippen LogP contribution in [-0.2, 0) is 0 Å². The Morgan fingerprint density at radius 2 is 2.05 bits per heavy atom. The van der Waals surface area contributed by atoms with Crippen molar-refractivity contribution in [3.63, 3.8) is 0 Å². The summed E-state index contributed by atoms with van der Waals surface area (Å²) in [5.74, 6) is 0.267. The number of nitrogens with two attached hydrogens (primary N) is 1. The Kier molecular flexibility index (Phi) is 4.85. The number of benzene rings is 1. The minimum Gasteiger partial charge on any atom is -0.384 e. The number of carbonyl (C=O) groups is 1. The molecule has 0 saturated heterocycles. The lowest BCUT2D eigenvalue weighted by Gasteiger charge is -2.11. The summed E-state index contributed by atoms with van der Waals surface area (Å²) >= 11 is 9.31. The molecule has 0 fully saturated rings. The molecule has 0 unspecified atom stereocenters. The summed E-state index contributed by atoms with van der Waals surface area (Å²) in [5, 5.41) is 3.35. The second kappa shape index (κ2) is 6.45. The van der Waals surface area contributed by atoms with Crippen LogP contribution in [0, 0.1) is 0 Å². The largest absolute Gasteiger partial charge is 0.384 e. The van der Waals surface area contributed by atoms with Crippen molar-refractivity contribution in [1.29, 1.82) is 0 Å². The van der Waals surface area contributed by atoms with Crippen LogP contribution >= 0.6 is 27.5 Å².